The number of hydrogen-bond donors (Lipinski definition) is 0. The molecule has 1 unspecified atom stereocenters. The van der Waals surface area contributed by atoms with Crippen LogP contribution >= 0.6 is 0 Å². The maximum absolute atomic E-state index is 11.7. The van der Waals surface area contributed by atoms with Crippen molar-refractivity contribution >= 4 is 5.97 Å². The molecular weight excluding hydrogens is 228 g/mol. The van der Waals surface area contributed by atoms with E-state index in [2.05, 4.69) is 23.8 Å². The molecule has 1 aromatic rings. The van der Waals surface area contributed by atoms with Gasteiger partial charge in [-0.15, -0.1) is 0 Å². The number of methoxy groups -OCH3 is 1. The first-order chi connectivity index (χ1) is 8.47. The van der Waals surface area contributed by atoms with Gasteiger partial charge in [0.05, 0.1) is 7.11 Å². The molecule has 100 valence electrons. The maximum atomic E-state index is 11.7. The molecule has 0 amide bonds. The van der Waals surface area contributed by atoms with Gasteiger partial charge in [0.2, 0.25) is 0 Å². The van der Waals surface area contributed by atoms with Gasteiger partial charge < -0.3 is 4.74 Å². The van der Waals surface area contributed by atoms with E-state index in [4.69, 9.17) is 4.74 Å². The van der Waals surface area contributed by atoms with Crippen LogP contribution in [0.4, 0.5) is 0 Å². The van der Waals surface area contributed by atoms with Crippen LogP contribution in [0.3, 0.4) is 0 Å². The third-order valence-corrected chi connectivity index (χ3v) is 2.75. The summed E-state index contributed by atoms with van der Waals surface area (Å²) in [7, 11) is 1.40. The zero-order valence-corrected chi connectivity index (χ0v) is 11.9. The highest BCUT2D eigenvalue weighted by molar-refractivity contribution is 5.76. The molecule has 4 heteroatoms. The Balaban J connectivity index is 3.07. The van der Waals surface area contributed by atoms with Crippen LogP contribution in [-0.4, -0.2) is 23.0 Å². The number of carbonyl (C=O) groups is 1. The van der Waals surface area contributed by atoms with Gasteiger partial charge in [-0.05, 0) is 31.7 Å². The summed E-state index contributed by atoms with van der Waals surface area (Å²) < 4.78 is 4.80. The number of carbonyl (C=O) groups excluding carboxylic acids is 1. The normalized spacial score (nSPS) is 12.6. The van der Waals surface area contributed by atoms with Crippen molar-refractivity contribution in [1.29, 1.82) is 0 Å². The Bertz CT molecular complexity index is 416. The molecule has 0 fully saturated rings. The average molecular weight is 250 g/mol. The van der Waals surface area contributed by atoms with E-state index >= 15 is 0 Å². The van der Waals surface area contributed by atoms with Crippen LogP contribution in [0.25, 0.3) is 0 Å². The van der Waals surface area contributed by atoms with Gasteiger partial charge in [-0.2, -0.15) is 0 Å². The second-order valence-corrected chi connectivity index (χ2v) is 4.94. The van der Waals surface area contributed by atoms with Crippen molar-refractivity contribution in [2.24, 2.45) is 5.92 Å². The van der Waals surface area contributed by atoms with Gasteiger partial charge in [-0.3, -0.25) is 4.79 Å². The average Bonchev–Trinajstić information content (AvgIpc) is 2.28. The topological polar surface area (TPSA) is 52.1 Å². The minimum absolute atomic E-state index is 0.265. The molecule has 0 N–H and O–H groups in total. The molecule has 1 heterocycles. The molecule has 0 radical (unpaired) electrons. The molecule has 0 aliphatic heterocycles. The predicted molar refractivity (Wildman–Crippen MR) is 70.4 cm³/mol. The fraction of sp³-hybridized carbons (Fsp3) is 0.643. The minimum Gasteiger partial charge on any atom is -0.468 e. The van der Waals surface area contributed by atoms with Gasteiger partial charge in [-0.25, -0.2) is 9.97 Å². The first-order valence-corrected chi connectivity index (χ1v) is 6.40. The molecule has 0 saturated carbocycles. The summed E-state index contributed by atoms with van der Waals surface area (Å²) in [5, 5.41) is 0. The van der Waals surface area contributed by atoms with E-state index in [9.17, 15) is 4.79 Å². The van der Waals surface area contributed by atoms with E-state index in [1.165, 1.54) is 7.11 Å². The number of hydrogen-bond acceptors (Lipinski definition) is 4. The van der Waals surface area contributed by atoms with Crippen LogP contribution in [-0.2, 0) is 16.0 Å². The van der Waals surface area contributed by atoms with Gasteiger partial charge in [0.15, 0.2) is 0 Å². The van der Waals surface area contributed by atoms with E-state index in [1.807, 2.05) is 19.9 Å². The molecule has 4 nitrogen and oxygen atoms in total. The van der Waals surface area contributed by atoms with E-state index in [0.717, 1.165) is 17.8 Å². The highest BCUT2D eigenvalue weighted by Gasteiger charge is 2.23. The smallest absolute Gasteiger partial charge is 0.316 e. The molecule has 1 aromatic heterocycles. The van der Waals surface area contributed by atoms with Crippen molar-refractivity contribution in [3.05, 3.63) is 23.3 Å². The van der Waals surface area contributed by atoms with E-state index in [1.54, 1.807) is 0 Å². The molecule has 0 saturated heterocycles. The summed E-state index contributed by atoms with van der Waals surface area (Å²) >= 11 is 0. The Morgan fingerprint density at radius 3 is 2.56 bits per heavy atom. The zero-order valence-electron chi connectivity index (χ0n) is 11.9. The first-order valence-electron chi connectivity index (χ1n) is 6.40. The molecule has 18 heavy (non-hydrogen) atoms. The SMILES string of the molecule is CCC(C(=O)OC)c1nc(C)cc(CC(C)C)n1. The van der Waals surface area contributed by atoms with Crippen LogP contribution in [0.5, 0.6) is 0 Å². The first kappa shape index (κ1) is 14.6. The van der Waals surface area contributed by atoms with Gasteiger partial charge in [0, 0.05) is 11.4 Å². The fourth-order valence-electron chi connectivity index (χ4n) is 1.93. The number of nitrogens with zero attached hydrogens (tertiary/aromatic N) is 2. The number of esters is 1. The predicted octanol–water partition coefficient (Wildman–Crippen LogP) is 2.65. The lowest BCUT2D eigenvalue weighted by molar-refractivity contribution is -0.142. The Hall–Kier alpha value is -1.45. The second-order valence-electron chi connectivity index (χ2n) is 4.94. The van der Waals surface area contributed by atoms with Crippen LogP contribution in [0.2, 0.25) is 0 Å². The minimum atomic E-state index is -0.360. The van der Waals surface area contributed by atoms with Crippen molar-refractivity contribution in [3.8, 4) is 0 Å². The van der Waals surface area contributed by atoms with E-state index < -0.39 is 0 Å². The largest absolute Gasteiger partial charge is 0.468 e. The van der Waals surface area contributed by atoms with Gasteiger partial charge >= 0.3 is 5.97 Å². The molecule has 0 aromatic carbocycles. The maximum Gasteiger partial charge on any atom is 0.316 e. The highest BCUT2D eigenvalue weighted by atomic mass is 16.5. The molecular formula is C14H22N2O2. The number of ether oxygens (including phenoxy) is 1. The second kappa shape index (κ2) is 6.47. The van der Waals surface area contributed by atoms with Crippen LogP contribution in [0, 0.1) is 12.8 Å². The quantitative estimate of drug-likeness (QED) is 0.754. The lowest BCUT2D eigenvalue weighted by atomic mass is 10.0. The Kier molecular flexibility index (Phi) is 5.25. The van der Waals surface area contributed by atoms with Crippen LogP contribution in [0.1, 0.15) is 50.3 Å². The standard InChI is InChI=1S/C14H22N2O2/c1-6-12(14(17)18-5)13-15-10(4)8-11(16-13)7-9(2)3/h8-9,12H,6-7H2,1-5H3. The fourth-order valence-corrected chi connectivity index (χ4v) is 1.93. The molecule has 1 atom stereocenters. The molecule has 0 spiro atoms. The summed E-state index contributed by atoms with van der Waals surface area (Å²) in [5.41, 5.74) is 1.90. The van der Waals surface area contributed by atoms with Crippen molar-refractivity contribution < 1.29 is 9.53 Å². The van der Waals surface area contributed by atoms with Crippen LogP contribution < -0.4 is 0 Å². The van der Waals surface area contributed by atoms with Gasteiger partial charge in [0.25, 0.3) is 0 Å². The van der Waals surface area contributed by atoms with Crippen molar-refractivity contribution in [3.63, 3.8) is 0 Å². The zero-order chi connectivity index (χ0) is 13.7. The summed E-state index contributed by atoms with van der Waals surface area (Å²) in [6.07, 6.45) is 1.55. The Labute approximate surface area is 109 Å². The van der Waals surface area contributed by atoms with E-state index in [0.29, 0.717) is 18.2 Å². The summed E-state index contributed by atoms with van der Waals surface area (Å²) in [6.45, 7) is 8.16. The Morgan fingerprint density at radius 1 is 1.39 bits per heavy atom. The molecule has 0 aliphatic rings. The van der Waals surface area contributed by atoms with Crippen molar-refractivity contribution in [2.75, 3.05) is 7.11 Å². The van der Waals surface area contributed by atoms with Gasteiger partial charge in [0.1, 0.15) is 11.7 Å². The monoisotopic (exact) mass is 250 g/mol. The number of aromatic nitrogens is 2. The third kappa shape index (κ3) is 3.79. The van der Waals surface area contributed by atoms with Gasteiger partial charge in [-0.1, -0.05) is 20.8 Å². The lowest BCUT2D eigenvalue weighted by Gasteiger charge is -2.13. The third-order valence-electron chi connectivity index (χ3n) is 2.75. The number of aryl methyl sites for hydroxylation is 1. The van der Waals surface area contributed by atoms with E-state index in [-0.39, 0.29) is 11.9 Å². The highest BCUT2D eigenvalue weighted by Crippen LogP contribution is 2.19. The lowest BCUT2D eigenvalue weighted by Crippen LogP contribution is -2.18. The summed E-state index contributed by atoms with van der Waals surface area (Å²) in [6, 6.07) is 1.98. The molecule has 0 bridgehead atoms. The van der Waals surface area contributed by atoms with Crippen molar-refractivity contribution in [1.82, 2.24) is 9.97 Å². The summed E-state index contributed by atoms with van der Waals surface area (Å²) in [4.78, 5) is 20.6. The summed E-state index contributed by atoms with van der Waals surface area (Å²) in [5.74, 6) is 0.491. The Morgan fingerprint density at radius 2 is 2.06 bits per heavy atom. The molecule has 0 aliphatic carbocycles. The molecule has 1 rings (SSSR count). The van der Waals surface area contributed by atoms with Crippen LogP contribution in [0.15, 0.2) is 6.07 Å². The number of rotatable bonds is 5. The van der Waals surface area contributed by atoms with Crippen molar-refractivity contribution in [2.45, 2.75) is 46.5 Å².